The SMILES string of the molecule is CC(c1ccccc1)c1ccc(C2(C)C=CC(c3cc[nH]c3)=CC2)c2ccccc12. The standard InChI is InChI=1S/C29H27N/c1-21(22-8-4-3-5-9-22)25-12-13-28(27-11-7-6-10-26(25)27)29(2)17-14-23(15-18-29)24-16-19-30-20-24/h3-17,19-21,30H,18H2,1-2H3. The van der Waals surface area contributed by atoms with Gasteiger partial charge >= 0.3 is 0 Å². The van der Waals surface area contributed by atoms with Gasteiger partial charge in [-0.25, -0.2) is 0 Å². The van der Waals surface area contributed by atoms with Crippen molar-refractivity contribution in [1.29, 1.82) is 0 Å². The largest absolute Gasteiger partial charge is 0.367 e. The van der Waals surface area contributed by atoms with Gasteiger partial charge in [-0.15, -0.1) is 0 Å². The third-order valence-corrected chi connectivity index (χ3v) is 6.65. The lowest BCUT2D eigenvalue weighted by Gasteiger charge is -2.31. The fraction of sp³-hybridized carbons (Fsp3) is 0.172. The predicted molar refractivity (Wildman–Crippen MR) is 128 cm³/mol. The minimum Gasteiger partial charge on any atom is -0.367 e. The van der Waals surface area contributed by atoms with Crippen LogP contribution in [0.2, 0.25) is 0 Å². The molecule has 4 aromatic rings. The third kappa shape index (κ3) is 3.21. The summed E-state index contributed by atoms with van der Waals surface area (Å²) in [6.07, 6.45) is 12.1. The molecule has 1 heterocycles. The van der Waals surface area contributed by atoms with E-state index in [9.17, 15) is 0 Å². The molecule has 0 fully saturated rings. The first kappa shape index (κ1) is 18.7. The smallest absolute Gasteiger partial charge is 0.0148 e. The minimum atomic E-state index is -0.00603. The molecule has 0 saturated carbocycles. The van der Waals surface area contributed by atoms with Crippen molar-refractivity contribution >= 4 is 16.3 Å². The van der Waals surface area contributed by atoms with Gasteiger partial charge in [0.05, 0.1) is 0 Å². The molecule has 0 saturated heterocycles. The molecule has 2 atom stereocenters. The Balaban J connectivity index is 1.56. The Bertz CT molecular complexity index is 1230. The van der Waals surface area contributed by atoms with Gasteiger partial charge in [-0.3, -0.25) is 0 Å². The first-order chi connectivity index (χ1) is 14.7. The summed E-state index contributed by atoms with van der Waals surface area (Å²) in [5, 5.41) is 2.73. The summed E-state index contributed by atoms with van der Waals surface area (Å²) >= 11 is 0. The van der Waals surface area contributed by atoms with Crippen LogP contribution in [0.15, 0.2) is 103 Å². The molecular formula is C29H27N. The van der Waals surface area contributed by atoms with E-state index >= 15 is 0 Å². The lowest BCUT2D eigenvalue weighted by Crippen LogP contribution is -2.21. The van der Waals surface area contributed by atoms with Gasteiger partial charge in [-0.05, 0) is 51.1 Å². The number of rotatable bonds is 4. The van der Waals surface area contributed by atoms with E-state index in [4.69, 9.17) is 0 Å². The zero-order valence-electron chi connectivity index (χ0n) is 17.6. The molecule has 148 valence electrons. The second-order valence-electron chi connectivity index (χ2n) is 8.59. The van der Waals surface area contributed by atoms with Crippen molar-refractivity contribution in [2.45, 2.75) is 31.6 Å². The molecule has 0 radical (unpaired) electrons. The van der Waals surface area contributed by atoms with Crippen molar-refractivity contribution < 1.29 is 0 Å². The molecule has 1 heteroatoms. The van der Waals surface area contributed by atoms with E-state index in [0.717, 1.165) is 6.42 Å². The van der Waals surface area contributed by atoms with E-state index in [1.54, 1.807) is 0 Å². The maximum atomic E-state index is 3.16. The van der Waals surface area contributed by atoms with Gasteiger partial charge in [0.2, 0.25) is 0 Å². The molecular weight excluding hydrogens is 362 g/mol. The Morgan fingerprint density at radius 3 is 2.33 bits per heavy atom. The van der Waals surface area contributed by atoms with Crippen LogP contribution in [-0.2, 0) is 5.41 Å². The van der Waals surface area contributed by atoms with E-state index in [1.165, 1.54) is 38.6 Å². The third-order valence-electron chi connectivity index (χ3n) is 6.65. The first-order valence-corrected chi connectivity index (χ1v) is 10.8. The Kier molecular flexibility index (Phi) is 4.67. The van der Waals surface area contributed by atoms with Crippen molar-refractivity contribution in [2.24, 2.45) is 0 Å². The summed E-state index contributed by atoms with van der Waals surface area (Å²) in [5.41, 5.74) is 6.71. The molecule has 1 nitrogen and oxygen atoms in total. The van der Waals surface area contributed by atoms with Crippen LogP contribution in [-0.4, -0.2) is 4.98 Å². The Labute approximate surface area is 178 Å². The number of H-pyrrole nitrogens is 1. The van der Waals surface area contributed by atoms with E-state index in [1.807, 2.05) is 6.20 Å². The molecule has 1 N–H and O–H groups in total. The lowest BCUT2D eigenvalue weighted by atomic mass is 9.73. The van der Waals surface area contributed by atoms with E-state index in [-0.39, 0.29) is 5.41 Å². The number of hydrogen-bond donors (Lipinski definition) is 1. The molecule has 0 bridgehead atoms. The average molecular weight is 390 g/mol. The first-order valence-electron chi connectivity index (χ1n) is 10.8. The van der Waals surface area contributed by atoms with Crippen LogP contribution >= 0.6 is 0 Å². The quantitative estimate of drug-likeness (QED) is 0.369. The summed E-state index contributed by atoms with van der Waals surface area (Å²) < 4.78 is 0. The number of fused-ring (bicyclic) bond motifs is 1. The number of nitrogens with one attached hydrogen (secondary N) is 1. The van der Waals surface area contributed by atoms with Gasteiger partial charge in [-0.1, -0.05) is 98.8 Å². The van der Waals surface area contributed by atoms with E-state index in [0.29, 0.717) is 5.92 Å². The van der Waals surface area contributed by atoms with Crippen LogP contribution in [0.25, 0.3) is 16.3 Å². The van der Waals surface area contributed by atoms with Gasteiger partial charge in [0.15, 0.2) is 0 Å². The van der Waals surface area contributed by atoms with Crippen LogP contribution in [0.5, 0.6) is 0 Å². The molecule has 2 unspecified atom stereocenters. The number of aromatic amines is 1. The Morgan fingerprint density at radius 1 is 0.867 bits per heavy atom. The zero-order valence-corrected chi connectivity index (χ0v) is 17.6. The van der Waals surface area contributed by atoms with Gasteiger partial charge in [0.25, 0.3) is 0 Å². The predicted octanol–water partition coefficient (Wildman–Crippen LogP) is 7.62. The van der Waals surface area contributed by atoms with Crippen LogP contribution in [0.4, 0.5) is 0 Å². The summed E-state index contributed by atoms with van der Waals surface area (Å²) in [6.45, 7) is 4.67. The Hall–Kier alpha value is -3.32. The Morgan fingerprint density at radius 2 is 1.63 bits per heavy atom. The highest BCUT2D eigenvalue weighted by Gasteiger charge is 2.28. The number of aromatic nitrogens is 1. The van der Waals surface area contributed by atoms with Crippen LogP contribution in [0.3, 0.4) is 0 Å². The summed E-state index contributed by atoms with van der Waals surface area (Å²) in [6, 6.07) is 26.5. The summed E-state index contributed by atoms with van der Waals surface area (Å²) in [7, 11) is 0. The highest BCUT2D eigenvalue weighted by molar-refractivity contribution is 5.91. The van der Waals surface area contributed by atoms with Gasteiger partial charge in [-0.2, -0.15) is 0 Å². The van der Waals surface area contributed by atoms with Crippen molar-refractivity contribution in [2.75, 3.05) is 0 Å². The topological polar surface area (TPSA) is 15.8 Å². The molecule has 5 rings (SSSR count). The van der Waals surface area contributed by atoms with Crippen LogP contribution in [0, 0.1) is 0 Å². The molecule has 3 aromatic carbocycles. The molecule has 1 aromatic heterocycles. The highest BCUT2D eigenvalue weighted by Crippen LogP contribution is 2.41. The van der Waals surface area contributed by atoms with Crippen molar-refractivity contribution in [3.8, 4) is 0 Å². The van der Waals surface area contributed by atoms with Crippen molar-refractivity contribution in [3.63, 3.8) is 0 Å². The maximum absolute atomic E-state index is 3.16. The minimum absolute atomic E-state index is 0.00603. The average Bonchev–Trinajstić information content (AvgIpc) is 3.34. The molecule has 0 amide bonds. The summed E-state index contributed by atoms with van der Waals surface area (Å²) in [4.78, 5) is 3.16. The van der Waals surface area contributed by atoms with Crippen LogP contribution < -0.4 is 0 Å². The van der Waals surface area contributed by atoms with Gasteiger partial charge in [0, 0.05) is 23.7 Å². The normalized spacial score (nSPS) is 19.6. The van der Waals surface area contributed by atoms with Crippen molar-refractivity contribution in [3.05, 3.63) is 126 Å². The number of allylic oxidation sites excluding steroid dienone is 4. The molecule has 1 aliphatic carbocycles. The van der Waals surface area contributed by atoms with Crippen molar-refractivity contribution in [1.82, 2.24) is 4.98 Å². The number of hydrogen-bond acceptors (Lipinski definition) is 0. The molecule has 1 aliphatic rings. The van der Waals surface area contributed by atoms with E-state index < -0.39 is 0 Å². The zero-order chi connectivity index (χ0) is 20.6. The monoisotopic (exact) mass is 389 g/mol. The van der Waals surface area contributed by atoms with Gasteiger partial charge in [0.1, 0.15) is 0 Å². The second-order valence-corrected chi connectivity index (χ2v) is 8.59. The summed E-state index contributed by atoms with van der Waals surface area (Å²) in [5.74, 6) is 0.361. The molecule has 30 heavy (non-hydrogen) atoms. The molecule has 0 spiro atoms. The van der Waals surface area contributed by atoms with Crippen LogP contribution in [0.1, 0.15) is 48.4 Å². The second kappa shape index (κ2) is 7.50. The number of benzene rings is 3. The maximum Gasteiger partial charge on any atom is 0.0148 e. The fourth-order valence-corrected chi connectivity index (χ4v) is 4.77. The lowest BCUT2D eigenvalue weighted by molar-refractivity contribution is 0.606. The highest BCUT2D eigenvalue weighted by atomic mass is 14.6. The fourth-order valence-electron chi connectivity index (χ4n) is 4.77. The van der Waals surface area contributed by atoms with Gasteiger partial charge < -0.3 is 4.98 Å². The van der Waals surface area contributed by atoms with E-state index in [2.05, 4.69) is 116 Å². The molecule has 0 aliphatic heterocycles.